The molecule has 0 bridgehead atoms. The molecule has 4 nitrogen and oxygen atoms in total. The monoisotopic (exact) mass is 376 g/mol. The topological polar surface area (TPSA) is 13.0 Å². The summed E-state index contributed by atoms with van der Waals surface area (Å²) in [6, 6.07) is 0.882. The molecule has 156 valence electrons. The van der Waals surface area contributed by atoms with Gasteiger partial charge in [0, 0.05) is 45.3 Å². The van der Waals surface area contributed by atoms with Crippen LogP contribution in [0.4, 0.5) is 0 Å². The van der Waals surface area contributed by atoms with Gasteiger partial charge in [-0.3, -0.25) is 0 Å². The number of piperidine rings is 2. The van der Waals surface area contributed by atoms with Crippen molar-refractivity contribution in [2.75, 3.05) is 72.5 Å². The van der Waals surface area contributed by atoms with Crippen molar-refractivity contribution in [3.63, 3.8) is 0 Å². The van der Waals surface area contributed by atoms with Crippen LogP contribution in [0.25, 0.3) is 0 Å². The quantitative estimate of drug-likeness (QED) is 0.677. The third kappa shape index (κ3) is 5.46. The summed E-state index contributed by atoms with van der Waals surface area (Å²) < 4.78 is 0. The fourth-order valence-corrected chi connectivity index (χ4v) is 6.01. The third-order valence-corrected chi connectivity index (χ3v) is 8.13. The highest BCUT2D eigenvalue weighted by Crippen LogP contribution is 2.50. The Kier molecular flexibility index (Phi) is 6.79. The summed E-state index contributed by atoms with van der Waals surface area (Å²) in [5, 5.41) is 0. The van der Waals surface area contributed by atoms with Crippen LogP contribution in [-0.4, -0.2) is 98.1 Å². The number of hydrogen-bond acceptors (Lipinski definition) is 4. The molecule has 0 radical (unpaired) electrons. The number of likely N-dealkylation sites (N-methyl/N-ethyl adjacent to an activating group) is 1. The van der Waals surface area contributed by atoms with Crippen LogP contribution in [-0.2, 0) is 0 Å². The van der Waals surface area contributed by atoms with E-state index >= 15 is 0 Å². The smallest absolute Gasteiger partial charge is 0.0120 e. The van der Waals surface area contributed by atoms with Crippen LogP contribution in [0.3, 0.4) is 0 Å². The van der Waals surface area contributed by atoms with E-state index in [0.717, 1.165) is 17.4 Å². The highest BCUT2D eigenvalue weighted by atomic mass is 15.3. The van der Waals surface area contributed by atoms with Gasteiger partial charge in [-0.25, -0.2) is 0 Å². The average Bonchev–Trinajstić information content (AvgIpc) is 3.44. The summed E-state index contributed by atoms with van der Waals surface area (Å²) in [5.74, 6) is 0.952. The van der Waals surface area contributed by atoms with E-state index in [0.29, 0.717) is 0 Å². The Balaban J connectivity index is 1.13. The van der Waals surface area contributed by atoms with Crippen LogP contribution in [0.5, 0.6) is 0 Å². The normalized spacial score (nSPS) is 30.0. The van der Waals surface area contributed by atoms with E-state index in [-0.39, 0.29) is 0 Å². The second-order valence-electron chi connectivity index (χ2n) is 10.3. The molecule has 3 saturated heterocycles. The van der Waals surface area contributed by atoms with Gasteiger partial charge in [0.15, 0.2) is 0 Å². The van der Waals surface area contributed by atoms with Crippen LogP contribution < -0.4 is 0 Å². The first-order valence-corrected chi connectivity index (χ1v) is 12.0. The average molecular weight is 377 g/mol. The van der Waals surface area contributed by atoms with Crippen molar-refractivity contribution in [3.05, 3.63) is 0 Å². The van der Waals surface area contributed by atoms with Crippen LogP contribution >= 0.6 is 0 Å². The molecule has 0 spiro atoms. The fraction of sp³-hybridized carbons (Fsp3) is 1.00. The molecule has 0 aromatic carbocycles. The third-order valence-electron chi connectivity index (χ3n) is 8.13. The Morgan fingerprint density at radius 3 is 2.04 bits per heavy atom. The molecule has 0 unspecified atom stereocenters. The molecular formula is C23H44N4. The molecule has 4 fully saturated rings. The van der Waals surface area contributed by atoms with Crippen LogP contribution in [0.15, 0.2) is 0 Å². The minimum Gasteiger partial charge on any atom is -0.304 e. The highest BCUT2D eigenvalue weighted by Gasteiger charge is 2.43. The SMILES string of the molecule is CCCC1(CN2CCC(N3CCC(CN4CCN(C)CC4)CC3)CC2)CC1. The van der Waals surface area contributed by atoms with E-state index in [2.05, 4.69) is 33.6 Å². The maximum atomic E-state index is 2.86. The standard InChI is InChI=1S/C23H44N4/c1-3-8-23(9-10-23)20-26-11-6-22(7-12-26)27-13-4-21(5-14-27)19-25-17-15-24(2)16-18-25/h21-22H,3-20H2,1-2H3. The molecule has 0 aromatic heterocycles. The molecule has 3 heterocycles. The van der Waals surface area contributed by atoms with Crippen LogP contribution in [0, 0.1) is 11.3 Å². The molecule has 4 aliphatic rings. The molecule has 3 aliphatic heterocycles. The van der Waals surface area contributed by atoms with Crippen LogP contribution in [0.1, 0.15) is 58.3 Å². The minimum absolute atomic E-state index is 0.739. The van der Waals surface area contributed by atoms with Crippen molar-refractivity contribution >= 4 is 0 Å². The first-order valence-electron chi connectivity index (χ1n) is 12.0. The predicted molar refractivity (Wildman–Crippen MR) is 114 cm³/mol. The maximum Gasteiger partial charge on any atom is 0.0120 e. The molecular weight excluding hydrogens is 332 g/mol. The first-order chi connectivity index (χ1) is 13.2. The lowest BCUT2D eigenvalue weighted by Gasteiger charge is -2.43. The van der Waals surface area contributed by atoms with Crippen molar-refractivity contribution < 1.29 is 0 Å². The fourth-order valence-electron chi connectivity index (χ4n) is 6.01. The molecule has 1 aliphatic carbocycles. The van der Waals surface area contributed by atoms with Gasteiger partial charge < -0.3 is 19.6 Å². The summed E-state index contributed by atoms with van der Waals surface area (Å²) in [6.45, 7) is 15.7. The molecule has 4 rings (SSSR count). The van der Waals surface area contributed by atoms with Gasteiger partial charge >= 0.3 is 0 Å². The van der Waals surface area contributed by atoms with E-state index in [1.165, 1.54) is 117 Å². The molecule has 0 aromatic rings. The minimum atomic E-state index is 0.739. The largest absolute Gasteiger partial charge is 0.304 e. The lowest BCUT2D eigenvalue weighted by Crippen LogP contribution is -2.50. The molecule has 27 heavy (non-hydrogen) atoms. The first kappa shape index (κ1) is 20.1. The Bertz CT molecular complexity index is 439. The van der Waals surface area contributed by atoms with Crippen molar-refractivity contribution in [1.82, 2.24) is 19.6 Å². The summed E-state index contributed by atoms with van der Waals surface area (Å²) in [6.07, 6.45) is 11.6. The zero-order valence-corrected chi connectivity index (χ0v) is 18.2. The van der Waals surface area contributed by atoms with Gasteiger partial charge in [0.2, 0.25) is 0 Å². The summed E-state index contributed by atoms with van der Waals surface area (Å²) in [5.41, 5.74) is 0.739. The van der Waals surface area contributed by atoms with Gasteiger partial charge in [0.1, 0.15) is 0 Å². The summed E-state index contributed by atoms with van der Waals surface area (Å²) >= 11 is 0. The lowest BCUT2D eigenvalue weighted by molar-refractivity contribution is 0.0564. The summed E-state index contributed by atoms with van der Waals surface area (Å²) in [7, 11) is 2.26. The Morgan fingerprint density at radius 2 is 1.44 bits per heavy atom. The number of likely N-dealkylation sites (tertiary alicyclic amines) is 2. The molecule has 0 amide bonds. The van der Waals surface area contributed by atoms with Gasteiger partial charge in [0.05, 0.1) is 0 Å². The van der Waals surface area contributed by atoms with Crippen molar-refractivity contribution in [2.24, 2.45) is 11.3 Å². The summed E-state index contributed by atoms with van der Waals surface area (Å²) in [4.78, 5) is 10.9. The number of piperazine rings is 1. The Hall–Kier alpha value is -0.160. The zero-order chi connectivity index (χ0) is 18.7. The van der Waals surface area contributed by atoms with Gasteiger partial charge in [-0.15, -0.1) is 0 Å². The second kappa shape index (κ2) is 9.11. The number of nitrogens with zero attached hydrogens (tertiary/aromatic N) is 4. The lowest BCUT2D eigenvalue weighted by atomic mass is 9.92. The molecule has 4 heteroatoms. The van der Waals surface area contributed by atoms with Crippen molar-refractivity contribution in [1.29, 1.82) is 0 Å². The molecule has 0 N–H and O–H groups in total. The van der Waals surface area contributed by atoms with Gasteiger partial charge in [-0.05, 0) is 89.5 Å². The van der Waals surface area contributed by atoms with Gasteiger partial charge in [-0.1, -0.05) is 13.3 Å². The molecule has 1 saturated carbocycles. The van der Waals surface area contributed by atoms with E-state index < -0.39 is 0 Å². The highest BCUT2D eigenvalue weighted by molar-refractivity contribution is 4.96. The van der Waals surface area contributed by atoms with E-state index in [9.17, 15) is 0 Å². The van der Waals surface area contributed by atoms with E-state index in [1.54, 1.807) is 0 Å². The maximum absolute atomic E-state index is 2.86. The van der Waals surface area contributed by atoms with Crippen LogP contribution in [0.2, 0.25) is 0 Å². The predicted octanol–water partition coefficient (Wildman–Crippen LogP) is 2.99. The van der Waals surface area contributed by atoms with Gasteiger partial charge in [0.25, 0.3) is 0 Å². The second-order valence-corrected chi connectivity index (χ2v) is 10.3. The number of rotatable bonds is 7. The van der Waals surface area contributed by atoms with E-state index in [4.69, 9.17) is 0 Å². The van der Waals surface area contributed by atoms with Crippen molar-refractivity contribution in [3.8, 4) is 0 Å². The molecule has 0 atom stereocenters. The number of hydrogen-bond donors (Lipinski definition) is 0. The van der Waals surface area contributed by atoms with E-state index in [1.807, 2.05) is 0 Å². The van der Waals surface area contributed by atoms with Crippen molar-refractivity contribution in [2.45, 2.75) is 64.3 Å². The Labute approximate surface area is 168 Å². The Morgan fingerprint density at radius 1 is 0.778 bits per heavy atom. The van der Waals surface area contributed by atoms with Gasteiger partial charge in [-0.2, -0.15) is 0 Å². The zero-order valence-electron chi connectivity index (χ0n) is 18.2.